The zero-order chi connectivity index (χ0) is 13.3. The Morgan fingerprint density at radius 2 is 1.78 bits per heavy atom. The Kier molecular flexibility index (Phi) is 3.69. The van der Waals surface area contributed by atoms with Crippen LogP contribution in [0.25, 0.3) is 11.1 Å². The van der Waals surface area contributed by atoms with Gasteiger partial charge in [0.25, 0.3) is 0 Å². The summed E-state index contributed by atoms with van der Waals surface area (Å²) >= 11 is 6.09. The summed E-state index contributed by atoms with van der Waals surface area (Å²) in [5.74, 6) is -0.262. The van der Waals surface area contributed by atoms with E-state index < -0.39 is 0 Å². The van der Waals surface area contributed by atoms with E-state index >= 15 is 0 Å². The van der Waals surface area contributed by atoms with Crippen molar-refractivity contribution in [3.63, 3.8) is 0 Å². The minimum absolute atomic E-state index is 0.262. The Bertz CT molecular complexity index is 593. The molecule has 0 aliphatic rings. The predicted octanol–water partition coefficient (Wildman–Crippen LogP) is 4.22. The number of aryl methyl sites for hydroxylation is 2. The van der Waals surface area contributed by atoms with Gasteiger partial charge in [-0.15, -0.1) is 0 Å². The molecule has 2 aromatic carbocycles. The molecule has 0 spiro atoms. The highest BCUT2D eigenvalue weighted by Crippen LogP contribution is 2.31. The van der Waals surface area contributed by atoms with Crippen molar-refractivity contribution >= 4 is 11.6 Å². The topological polar surface area (TPSA) is 26.0 Å². The van der Waals surface area contributed by atoms with Crippen LogP contribution in [0.15, 0.2) is 30.3 Å². The first-order valence-electron chi connectivity index (χ1n) is 5.78. The first-order chi connectivity index (χ1) is 8.52. The van der Waals surface area contributed by atoms with Crippen molar-refractivity contribution in [3.8, 4) is 11.1 Å². The van der Waals surface area contributed by atoms with Crippen LogP contribution in [-0.2, 0) is 6.54 Å². The number of halogens is 2. The number of rotatable bonds is 2. The Balaban J connectivity index is 2.65. The lowest BCUT2D eigenvalue weighted by atomic mass is 9.94. The van der Waals surface area contributed by atoms with Gasteiger partial charge in [-0.2, -0.15) is 0 Å². The number of hydrogen-bond donors (Lipinski definition) is 1. The average molecular weight is 264 g/mol. The third kappa shape index (κ3) is 2.40. The van der Waals surface area contributed by atoms with Crippen molar-refractivity contribution in [3.05, 3.63) is 57.9 Å². The molecule has 0 bridgehead atoms. The smallest absolute Gasteiger partial charge is 0.123 e. The molecular formula is C15H15ClFN. The van der Waals surface area contributed by atoms with E-state index in [1.54, 1.807) is 6.07 Å². The van der Waals surface area contributed by atoms with Gasteiger partial charge < -0.3 is 5.73 Å². The van der Waals surface area contributed by atoms with Crippen molar-refractivity contribution in [2.24, 2.45) is 5.73 Å². The van der Waals surface area contributed by atoms with Crippen molar-refractivity contribution in [2.75, 3.05) is 0 Å². The summed E-state index contributed by atoms with van der Waals surface area (Å²) in [6.45, 7) is 4.26. The van der Waals surface area contributed by atoms with Crippen molar-refractivity contribution in [2.45, 2.75) is 20.4 Å². The highest BCUT2D eigenvalue weighted by molar-refractivity contribution is 6.31. The molecular weight excluding hydrogens is 249 g/mol. The molecule has 2 N–H and O–H groups in total. The van der Waals surface area contributed by atoms with E-state index in [0.29, 0.717) is 6.54 Å². The highest BCUT2D eigenvalue weighted by Gasteiger charge is 2.10. The van der Waals surface area contributed by atoms with E-state index in [-0.39, 0.29) is 5.82 Å². The zero-order valence-corrected chi connectivity index (χ0v) is 11.2. The molecule has 2 aromatic rings. The molecule has 2 rings (SSSR count). The summed E-state index contributed by atoms with van der Waals surface area (Å²) in [4.78, 5) is 0. The van der Waals surface area contributed by atoms with Crippen LogP contribution in [0, 0.1) is 19.7 Å². The second-order valence-corrected chi connectivity index (χ2v) is 4.83. The van der Waals surface area contributed by atoms with Gasteiger partial charge in [-0.05, 0) is 65.9 Å². The van der Waals surface area contributed by atoms with E-state index in [4.69, 9.17) is 17.3 Å². The number of hydrogen-bond acceptors (Lipinski definition) is 1. The van der Waals surface area contributed by atoms with Crippen molar-refractivity contribution in [1.82, 2.24) is 0 Å². The van der Waals surface area contributed by atoms with Crippen LogP contribution in [-0.4, -0.2) is 0 Å². The van der Waals surface area contributed by atoms with Crippen LogP contribution in [0.1, 0.15) is 16.7 Å². The predicted molar refractivity (Wildman–Crippen MR) is 74.2 cm³/mol. The Morgan fingerprint density at radius 3 is 2.44 bits per heavy atom. The van der Waals surface area contributed by atoms with Crippen molar-refractivity contribution < 1.29 is 4.39 Å². The maximum absolute atomic E-state index is 13.2. The van der Waals surface area contributed by atoms with E-state index in [1.807, 2.05) is 26.0 Å². The summed E-state index contributed by atoms with van der Waals surface area (Å²) in [6.07, 6.45) is 0. The summed E-state index contributed by atoms with van der Waals surface area (Å²) in [5.41, 5.74) is 10.6. The normalized spacial score (nSPS) is 10.7. The summed E-state index contributed by atoms with van der Waals surface area (Å²) in [6, 6.07) is 8.66. The fraction of sp³-hybridized carbons (Fsp3) is 0.200. The van der Waals surface area contributed by atoms with Crippen LogP contribution < -0.4 is 5.73 Å². The van der Waals surface area contributed by atoms with Crippen LogP contribution >= 0.6 is 11.6 Å². The van der Waals surface area contributed by atoms with E-state index in [9.17, 15) is 4.39 Å². The molecule has 0 amide bonds. The SMILES string of the molecule is Cc1cc(-c2ccc(F)cc2CN)c(C)cc1Cl. The molecule has 0 aliphatic carbocycles. The Morgan fingerprint density at radius 1 is 1.06 bits per heavy atom. The van der Waals surface area contributed by atoms with Gasteiger partial charge in [0.15, 0.2) is 0 Å². The maximum Gasteiger partial charge on any atom is 0.123 e. The lowest BCUT2D eigenvalue weighted by Crippen LogP contribution is -2.00. The quantitative estimate of drug-likeness (QED) is 0.862. The first-order valence-corrected chi connectivity index (χ1v) is 6.16. The maximum atomic E-state index is 13.2. The van der Waals surface area contributed by atoms with Gasteiger partial charge in [0.1, 0.15) is 5.82 Å². The lowest BCUT2D eigenvalue weighted by Gasteiger charge is -2.13. The van der Waals surface area contributed by atoms with Gasteiger partial charge >= 0.3 is 0 Å². The summed E-state index contributed by atoms with van der Waals surface area (Å²) in [5, 5.41) is 0.743. The monoisotopic (exact) mass is 263 g/mol. The highest BCUT2D eigenvalue weighted by atomic mass is 35.5. The minimum Gasteiger partial charge on any atom is -0.326 e. The van der Waals surface area contributed by atoms with Crippen molar-refractivity contribution in [1.29, 1.82) is 0 Å². The van der Waals surface area contributed by atoms with Crippen LogP contribution in [0.4, 0.5) is 4.39 Å². The lowest BCUT2D eigenvalue weighted by molar-refractivity contribution is 0.625. The zero-order valence-electron chi connectivity index (χ0n) is 10.4. The third-order valence-corrected chi connectivity index (χ3v) is 3.49. The van der Waals surface area contributed by atoms with E-state index in [0.717, 1.165) is 32.8 Å². The molecule has 0 aliphatic heterocycles. The molecule has 0 aromatic heterocycles. The molecule has 0 radical (unpaired) electrons. The van der Waals surface area contributed by atoms with Gasteiger partial charge in [0.05, 0.1) is 0 Å². The molecule has 0 saturated heterocycles. The Hall–Kier alpha value is -1.38. The minimum atomic E-state index is -0.262. The van der Waals surface area contributed by atoms with Gasteiger partial charge in [-0.25, -0.2) is 4.39 Å². The largest absolute Gasteiger partial charge is 0.326 e. The number of nitrogens with two attached hydrogens (primary N) is 1. The van der Waals surface area contributed by atoms with Crippen LogP contribution in [0.3, 0.4) is 0 Å². The van der Waals surface area contributed by atoms with Gasteiger partial charge in [-0.3, -0.25) is 0 Å². The second-order valence-electron chi connectivity index (χ2n) is 4.42. The molecule has 3 heteroatoms. The molecule has 0 atom stereocenters. The summed E-state index contributed by atoms with van der Waals surface area (Å²) < 4.78 is 13.2. The average Bonchev–Trinajstić information content (AvgIpc) is 2.34. The second kappa shape index (κ2) is 5.09. The number of benzene rings is 2. The van der Waals surface area contributed by atoms with Gasteiger partial charge in [0.2, 0.25) is 0 Å². The van der Waals surface area contributed by atoms with E-state index in [2.05, 4.69) is 0 Å². The van der Waals surface area contributed by atoms with Gasteiger partial charge in [-0.1, -0.05) is 17.7 Å². The third-order valence-electron chi connectivity index (χ3n) is 3.08. The first kappa shape index (κ1) is 13.1. The standard InChI is InChI=1S/C15H15ClFN/c1-9-6-15(16)10(2)5-14(9)13-4-3-12(17)7-11(13)8-18/h3-7H,8,18H2,1-2H3. The fourth-order valence-electron chi connectivity index (χ4n) is 2.07. The van der Waals surface area contributed by atoms with Gasteiger partial charge in [0, 0.05) is 11.6 Å². The molecule has 1 nitrogen and oxygen atoms in total. The molecule has 0 unspecified atom stereocenters. The summed E-state index contributed by atoms with van der Waals surface area (Å²) in [7, 11) is 0. The van der Waals surface area contributed by atoms with Crippen LogP contribution in [0.5, 0.6) is 0 Å². The Labute approximate surface area is 111 Å². The molecule has 18 heavy (non-hydrogen) atoms. The fourth-order valence-corrected chi connectivity index (χ4v) is 2.28. The molecule has 0 saturated carbocycles. The van der Waals surface area contributed by atoms with Crippen LogP contribution in [0.2, 0.25) is 5.02 Å². The molecule has 0 heterocycles. The molecule has 0 fully saturated rings. The molecule has 94 valence electrons. The van der Waals surface area contributed by atoms with E-state index in [1.165, 1.54) is 12.1 Å².